The topological polar surface area (TPSA) is 136 Å². The van der Waals surface area contributed by atoms with E-state index in [2.05, 4.69) is 20.6 Å². The highest BCUT2D eigenvalue weighted by atomic mass is 35.5. The lowest BCUT2D eigenvalue weighted by molar-refractivity contribution is 0.130. The minimum Gasteiger partial charge on any atom is -0.447 e. The molecule has 0 radical (unpaired) electrons. The molecule has 5 N–H and O–H groups in total. The third kappa shape index (κ3) is 4.48. The first kappa shape index (κ1) is 19.4. The number of aromatic nitrogens is 3. The number of imidazole rings is 1. The Morgan fingerprint density at radius 1 is 1.21 bits per heavy atom. The molecule has 0 aliphatic rings. The number of anilines is 2. The van der Waals surface area contributed by atoms with Crippen LogP contribution in [0.25, 0.3) is 17.0 Å². The fraction of sp³-hybridized carbons (Fsp3) is 0.176. The molecular formula is C17H18ClN7O3. The standard InChI is InChI=1S/C17H18ClN7O3/c1-9(2)28-17(27)22-11-6-20-15-23-14(8-25(15)7-11)12-5-10(3-4-13(12)18)21-16(26)24-19/h3-9H,19H2,1-2H3,(H,22,27)(H2,21,24,26). The molecule has 1 aromatic carbocycles. The van der Waals surface area contributed by atoms with Gasteiger partial charge in [-0.25, -0.2) is 25.4 Å². The van der Waals surface area contributed by atoms with E-state index in [4.69, 9.17) is 22.2 Å². The van der Waals surface area contributed by atoms with Crippen LogP contribution in [0.15, 0.2) is 36.8 Å². The second kappa shape index (κ2) is 8.11. The van der Waals surface area contributed by atoms with Crippen LogP contribution in [0.2, 0.25) is 5.02 Å². The average Bonchev–Trinajstić information content (AvgIpc) is 3.05. The number of nitrogens with zero attached hydrogens (tertiary/aromatic N) is 3. The summed E-state index contributed by atoms with van der Waals surface area (Å²) in [5, 5.41) is 5.61. The number of hydrogen-bond acceptors (Lipinski definition) is 6. The molecule has 11 heteroatoms. The normalized spacial score (nSPS) is 10.8. The van der Waals surface area contributed by atoms with E-state index in [1.165, 1.54) is 6.20 Å². The quantitative estimate of drug-likeness (QED) is 0.300. The number of fused-ring (bicyclic) bond motifs is 1. The predicted molar refractivity (Wildman–Crippen MR) is 105 cm³/mol. The van der Waals surface area contributed by atoms with Crippen molar-refractivity contribution in [1.29, 1.82) is 0 Å². The minimum absolute atomic E-state index is 0.235. The lowest BCUT2D eigenvalue weighted by Gasteiger charge is -2.09. The van der Waals surface area contributed by atoms with E-state index in [9.17, 15) is 9.59 Å². The molecule has 10 nitrogen and oxygen atoms in total. The summed E-state index contributed by atoms with van der Waals surface area (Å²) in [5.74, 6) is 5.48. The van der Waals surface area contributed by atoms with E-state index in [0.717, 1.165) is 0 Å². The maximum Gasteiger partial charge on any atom is 0.411 e. The minimum atomic E-state index is -0.573. The fourth-order valence-corrected chi connectivity index (χ4v) is 2.62. The Hall–Kier alpha value is -3.37. The highest BCUT2D eigenvalue weighted by molar-refractivity contribution is 6.33. The number of carbonyl (C=O) groups is 2. The molecule has 0 spiro atoms. The van der Waals surface area contributed by atoms with Gasteiger partial charge in [0.05, 0.1) is 28.7 Å². The number of amides is 3. The number of benzene rings is 1. The van der Waals surface area contributed by atoms with E-state index in [1.54, 1.807) is 48.8 Å². The Balaban J connectivity index is 1.89. The monoisotopic (exact) mass is 403 g/mol. The highest BCUT2D eigenvalue weighted by Crippen LogP contribution is 2.30. The summed E-state index contributed by atoms with van der Waals surface area (Å²) >= 11 is 6.28. The van der Waals surface area contributed by atoms with Gasteiger partial charge in [0.2, 0.25) is 5.78 Å². The van der Waals surface area contributed by atoms with Crippen LogP contribution < -0.4 is 21.9 Å². The van der Waals surface area contributed by atoms with Crippen molar-refractivity contribution >= 4 is 40.9 Å². The van der Waals surface area contributed by atoms with Gasteiger partial charge >= 0.3 is 12.1 Å². The van der Waals surface area contributed by atoms with Crippen molar-refractivity contribution in [3.63, 3.8) is 0 Å². The van der Waals surface area contributed by atoms with Crippen LogP contribution >= 0.6 is 11.6 Å². The van der Waals surface area contributed by atoms with Crippen LogP contribution in [-0.4, -0.2) is 32.6 Å². The molecule has 0 fully saturated rings. The number of carbonyl (C=O) groups excluding carboxylic acids is 2. The zero-order valence-electron chi connectivity index (χ0n) is 15.1. The summed E-state index contributed by atoms with van der Waals surface area (Å²) in [6.45, 7) is 3.51. The molecule has 0 aliphatic heterocycles. The number of rotatable bonds is 4. The molecule has 0 saturated heterocycles. The van der Waals surface area contributed by atoms with Gasteiger partial charge < -0.3 is 10.1 Å². The van der Waals surface area contributed by atoms with Crippen molar-refractivity contribution < 1.29 is 14.3 Å². The molecule has 0 saturated carbocycles. The van der Waals surface area contributed by atoms with Crippen molar-refractivity contribution in [2.45, 2.75) is 20.0 Å². The van der Waals surface area contributed by atoms with Crippen LogP contribution in [0.1, 0.15) is 13.8 Å². The van der Waals surface area contributed by atoms with E-state index >= 15 is 0 Å². The fourth-order valence-electron chi connectivity index (χ4n) is 2.41. The van der Waals surface area contributed by atoms with E-state index in [-0.39, 0.29) is 6.10 Å². The lowest BCUT2D eigenvalue weighted by atomic mass is 10.1. The van der Waals surface area contributed by atoms with Crippen molar-refractivity contribution in [2.24, 2.45) is 5.84 Å². The summed E-state index contributed by atoms with van der Waals surface area (Å²) in [5.41, 5.74) is 4.06. The predicted octanol–water partition coefficient (Wildman–Crippen LogP) is 3.00. The third-order valence-corrected chi connectivity index (χ3v) is 3.86. The zero-order chi connectivity index (χ0) is 20.3. The molecule has 2 aromatic heterocycles. The van der Waals surface area contributed by atoms with Gasteiger partial charge in [-0.3, -0.25) is 15.1 Å². The molecular weight excluding hydrogens is 386 g/mol. The number of halogens is 1. The van der Waals surface area contributed by atoms with Gasteiger partial charge in [0.1, 0.15) is 0 Å². The van der Waals surface area contributed by atoms with E-state index in [1.807, 2.05) is 5.43 Å². The molecule has 0 aliphatic carbocycles. The Morgan fingerprint density at radius 3 is 2.71 bits per heavy atom. The molecule has 146 valence electrons. The number of hydrazine groups is 1. The van der Waals surface area contributed by atoms with Gasteiger partial charge in [-0.1, -0.05) is 11.6 Å². The first-order valence-electron chi connectivity index (χ1n) is 8.25. The van der Waals surface area contributed by atoms with Gasteiger partial charge in [0.25, 0.3) is 0 Å². The smallest absolute Gasteiger partial charge is 0.411 e. The highest BCUT2D eigenvalue weighted by Gasteiger charge is 2.12. The molecule has 0 unspecified atom stereocenters. The molecule has 3 rings (SSSR count). The van der Waals surface area contributed by atoms with Gasteiger partial charge in [-0.05, 0) is 32.0 Å². The number of nitrogens with one attached hydrogen (secondary N) is 3. The number of nitrogens with two attached hydrogens (primary N) is 1. The lowest BCUT2D eigenvalue weighted by Crippen LogP contribution is -2.34. The number of ether oxygens (including phenoxy) is 1. The van der Waals surface area contributed by atoms with Gasteiger partial charge in [0.15, 0.2) is 0 Å². The van der Waals surface area contributed by atoms with Crippen LogP contribution in [0.5, 0.6) is 0 Å². The average molecular weight is 404 g/mol. The molecule has 3 aromatic rings. The molecule has 3 amide bonds. The van der Waals surface area contributed by atoms with Crippen LogP contribution in [0.4, 0.5) is 21.0 Å². The summed E-state index contributed by atoms with van der Waals surface area (Å²) in [7, 11) is 0. The molecule has 0 bridgehead atoms. The molecule has 28 heavy (non-hydrogen) atoms. The summed E-state index contributed by atoms with van der Waals surface area (Å²) < 4.78 is 6.68. The van der Waals surface area contributed by atoms with Crippen molar-refractivity contribution in [2.75, 3.05) is 10.6 Å². The SMILES string of the molecule is CC(C)OC(=O)Nc1cnc2nc(-c3cc(NC(=O)NN)ccc3Cl)cn2c1. The Bertz CT molecular complexity index is 1030. The van der Waals surface area contributed by atoms with E-state index < -0.39 is 12.1 Å². The van der Waals surface area contributed by atoms with Gasteiger partial charge in [-0.15, -0.1) is 0 Å². The maximum atomic E-state index is 11.7. The van der Waals surface area contributed by atoms with Crippen LogP contribution in [-0.2, 0) is 4.74 Å². The largest absolute Gasteiger partial charge is 0.447 e. The van der Waals surface area contributed by atoms with E-state index in [0.29, 0.717) is 33.4 Å². The molecule has 2 heterocycles. The Kier molecular flexibility index (Phi) is 5.62. The first-order chi connectivity index (χ1) is 13.4. The van der Waals surface area contributed by atoms with Crippen molar-refractivity contribution in [3.8, 4) is 11.3 Å². The number of hydrogen-bond donors (Lipinski definition) is 4. The van der Waals surface area contributed by atoms with Crippen LogP contribution in [0.3, 0.4) is 0 Å². The van der Waals surface area contributed by atoms with Gasteiger partial charge in [-0.2, -0.15) is 0 Å². The first-order valence-corrected chi connectivity index (χ1v) is 8.63. The summed E-state index contributed by atoms with van der Waals surface area (Å²) in [6, 6.07) is 4.37. The summed E-state index contributed by atoms with van der Waals surface area (Å²) in [4.78, 5) is 31.8. The Labute approximate surface area is 165 Å². The van der Waals surface area contributed by atoms with Crippen molar-refractivity contribution in [3.05, 3.63) is 41.8 Å². The Morgan fingerprint density at radius 2 is 2.00 bits per heavy atom. The second-order valence-corrected chi connectivity index (χ2v) is 6.46. The maximum absolute atomic E-state index is 11.7. The third-order valence-electron chi connectivity index (χ3n) is 3.53. The zero-order valence-corrected chi connectivity index (χ0v) is 15.8. The second-order valence-electron chi connectivity index (χ2n) is 6.05. The van der Waals surface area contributed by atoms with Crippen LogP contribution in [0, 0.1) is 0 Å². The molecule has 0 atom stereocenters. The number of urea groups is 1. The van der Waals surface area contributed by atoms with Crippen molar-refractivity contribution in [1.82, 2.24) is 19.8 Å². The summed E-state index contributed by atoms with van der Waals surface area (Å²) in [6.07, 6.45) is 4.02. The van der Waals surface area contributed by atoms with Gasteiger partial charge in [0, 0.05) is 23.6 Å².